The number of oxazole rings is 1. The van der Waals surface area contributed by atoms with Crippen molar-refractivity contribution < 1.29 is 4.42 Å². The smallest absolute Gasteiger partial charge is 0.292 e. The summed E-state index contributed by atoms with van der Waals surface area (Å²) < 4.78 is 5.15. The third-order valence-electron chi connectivity index (χ3n) is 2.10. The molecule has 0 bridgehead atoms. The molecule has 0 fully saturated rings. The van der Waals surface area contributed by atoms with Crippen LogP contribution in [0, 0.1) is 13.8 Å². The molecule has 1 heterocycles. The fourth-order valence-corrected chi connectivity index (χ4v) is 1.54. The second-order valence-electron chi connectivity index (χ2n) is 3.24. The molecule has 14 heavy (non-hydrogen) atoms. The highest BCUT2D eigenvalue weighted by molar-refractivity contribution is 6.27. The molecule has 1 aromatic carbocycles. The molecule has 0 N–H and O–H groups in total. The maximum Gasteiger partial charge on any atom is 0.292 e. The molecule has 0 atom stereocenters. The lowest BCUT2D eigenvalue weighted by Crippen LogP contribution is -1.80. The van der Waals surface area contributed by atoms with Crippen molar-refractivity contribution in [3.8, 4) is 11.3 Å². The van der Waals surface area contributed by atoms with E-state index in [1.54, 1.807) is 0 Å². The summed E-state index contributed by atoms with van der Waals surface area (Å²) >= 11 is 5.67. The number of benzene rings is 1. The highest BCUT2D eigenvalue weighted by atomic mass is 35.5. The van der Waals surface area contributed by atoms with Gasteiger partial charge in [-0.15, -0.1) is 0 Å². The summed E-state index contributed by atoms with van der Waals surface area (Å²) in [6.45, 7) is 3.90. The Balaban J connectivity index is 2.49. The number of hydrogen-bond acceptors (Lipinski definition) is 2. The predicted octanol–water partition coefficient (Wildman–Crippen LogP) is 3.61. The molecule has 0 unspecified atom stereocenters. The van der Waals surface area contributed by atoms with E-state index in [0.29, 0.717) is 0 Å². The van der Waals surface area contributed by atoms with E-state index in [1.807, 2.05) is 38.1 Å². The first-order chi connectivity index (χ1) is 6.66. The molecule has 72 valence electrons. The largest absolute Gasteiger partial charge is 0.432 e. The van der Waals surface area contributed by atoms with Gasteiger partial charge in [-0.05, 0) is 25.4 Å². The maximum absolute atomic E-state index is 5.67. The van der Waals surface area contributed by atoms with Crippen LogP contribution in [-0.4, -0.2) is 4.98 Å². The van der Waals surface area contributed by atoms with E-state index in [1.165, 1.54) is 5.56 Å². The number of aromatic nitrogens is 1. The molecule has 0 radical (unpaired) electrons. The second-order valence-corrected chi connectivity index (χ2v) is 3.56. The normalized spacial score (nSPS) is 10.5. The van der Waals surface area contributed by atoms with Gasteiger partial charge in [-0.2, -0.15) is 4.98 Å². The van der Waals surface area contributed by atoms with Crippen molar-refractivity contribution in [2.45, 2.75) is 13.8 Å². The molecular weight excluding hydrogens is 198 g/mol. The average Bonchev–Trinajstić information content (AvgIpc) is 2.47. The second kappa shape index (κ2) is 3.46. The third kappa shape index (κ3) is 1.66. The summed E-state index contributed by atoms with van der Waals surface area (Å²) in [5.41, 5.74) is 3.07. The van der Waals surface area contributed by atoms with Crippen molar-refractivity contribution >= 4 is 11.6 Å². The van der Waals surface area contributed by atoms with Crippen LogP contribution in [0.2, 0.25) is 5.35 Å². The topological polar surface area (TPSA) is 26.0 Å². The Labute approximate surface area is 87.5 Å². The average molecular weight is 208 g/mol. The molecule has 2 rings (SSSR count). The molecule has 0 saturated heterocycles. The molecule has 3 heteroatoms. The standard InChI is InChI=1S/C11H10ClNO/c1-7-3-5-9(6-4-7)10-8(2)14-11(12)13-10/h3-6H,1-2H3. The summed E-state index contributed by atoms with van der Waals surface area (Å²) in [5, 5.41) is 0.193. The number of nitrogens with zero attached hydrogens (tertiary/aromatic N) is 1. The minimum atomic E-state index is 0.193. The Hall–Kier alpha value is -1.28. The van der Waals surface area contributed by atoms with Crippen molar-refractivity contribution in [1.29, 1.82) is 0 Å². The summed E-state index contributed by atoms with van der Waals surface area (Å²) in [5.74, 6) is 0.749. The number of halogens is 1. The first kappa shape index (κ1) is 9.28. The van der Waals surface area contributed by atoms with Gasteiger partial charge in [0.15, 0.2) is 0 Å². The number of aryl methyl sites for hydroxylation is 2. The monoisotopic (exact) mass is 207 g/mol. The fourth-order valence-electron chi connectivity index (χ4n) is 1.34. The first-order valence-electron chi connectivity index (χ1n) is 4.37. The Morgan fingerprint density at radius 1 is 1.14 bits per heavy atom. The SMILES string of the molecule is Cc1ccc(-c2nc(Cl)oc2C)cc1. The van der Waals surface area contributed by atoms with Gasteiger partial charge < -0.3 is 4.42 Å². The van der Waals surface area contributed by atoms with Crippen molar-refractivity contribution in [2.24, 2.45) is 0 Å². The molecule has 2 nitrogen and oxygen atoms in total. The first-order valence-corrected chi connectivity index (χ1v) is 4.74. The fraction of sp³-hybridized carbons (Fsp3) is 0.182. The minimum Gasteiger partial charge on any atom is -0.432 e. The van der Waals surface area contributed by atoms with E-state index in [0.717, 1.165) is 17.0 Å². The van der Waals surface area contributed by atoms with Crippen molar-refractivity contribution in [3.63, 3.8) is 0 Å². The highest BCUT2D eigenvalue weighted by Crippen LogP contribution is 2.25. The lowest BCUT2D eigenvalue weighted by molar-refractivity contribution is 0.530. The summed E-state index contributed by atoms with van der Waals surface area (Å²) in [7, 11) is 0. The zero-order chi connectivity index (χ0) is 10.1. The predicted molar refractivity (Wildman–Crippen MR) is 56.4 cm³/mol. The number of rotatable bonds is 1. The molecule has 2 aromatic rings. The van der Waals surface area contributed by atoms with Crippen molar-refractivity contribution in [1.82, 2.24) is 4.98 Å². The van der Waals surface area contributed by atoms with E-state index < -0.39 is 0 Å². The van der Waals surface area contributed by atoms with Gasteiger partial charge in [-0.1, -0.05) is 29.8 Å². The lowest BCUT2D eigenvalue weighted by atomic mass is 10.1. The van der Waals surface area contributed by atoms with Crippen LogP contribution >= 0.6 is 11.6 Å². The van der Waals surface area contributed by atoms with Gasteiger partial charge in [-0.3, -0.25) is 0 Å². The van der Waals surface area contributed by atoms with Crippen LogP contribution in [-0.2, 0) is 0 Å². The molecule has 0 saturated carbocycles. The van der Waals surface area contributed by atoms with Crippen molar-refractivity contribution in [2.75, 3.05) is 0 Å². The molecule has 0 aliphatic rings. The van der Waals surface area contributed by atoms with Crippen LogP contribution in [0.3, 0.4) is 0 Å². The Kier molecular flexibility index (Phi) is 2.30. The van der Waals surface area contributed by atoms with E-state index >= 15 is 0 Å². The van der Waals surface area contributed by atoms with Gasteiger partial charge in [0.1, 0.15) is 11.5 Å². The van der Waals surface area contributed by atoms with E-state index in [9.17, 15) is 0 Å². The molecule has 0 amide bonds. The van der Waals surface area contributed by atoms with Gasteiger partial charge in [0.05, 0.1) is 0 Å². The zero-order valence-electron chi connectivity index (χ0n) is 8.04. The molecular formula is C11H10ClNO. The Morgan fingerprint density at radius 3 is 2.29 bits per heavy atom. The van der Waals surface area contributed by atoms with Gasteiger partial charge in [0.2, 0.25) is 0 Å². The lowest BCUT2D eigenvalue weighted by Gasteiger charge is -1.97. The van der Waals surface area contributed by atoms with Crippen molar-refractivity contribution in [3.05, 3.63) is 40.9 Å². The van der Waals surface area contributed by atoms with Crippen LogP contribution in [0.1, 0.15) is 11.3 Å². The zero-order valence-corrected chi connectivity index (χ0v) is 8.80. The third-order valence-corrected chi connectivity index (χ3v) is 2.26. The Bertz CT molecular complexity index is 445. The molecule has 0 aliphatic heterocycles. The summed E-state index contributed by atoms with van der Waals surface area (Å²) in [4.78, 5) is 4.11. The van der Waals surface area contributed by atoms with Crippen LogP contribution in [0.4, 0.5) is 0 Å². The summed E-state index contributed by atoms with van der Waals surface area (Å²) in [6, 6.07) is 8.10. The molecule has 0 spiro atoms. The Morgan fingerprint density at radius 2 is 1.79 bits per heavy atom. The quantitative estimate of drug-likeness (QED) is 0.714. The maximum atomic E-state index is 5.67. The van der Waals surface area contributed by atoms with Gasteiger partial charge in [0, 0.05) is 5.56 Å². The van der Waals surface area contributed by atoms with Crippen LogP contribution in [0.15, 0.2) is 28.7 Å². The van der Waals surface area contributed by atoms with Crippen LogP contribution < -0.4 is 0 Å². The van der Waals surface area contributed by atoms with E-state index in [-0.39, 0.29) is 5.35 Å². The number of hydrogen-bond donors (Lipinski definition) is 0. The van der Waals surface area contributed by atoms with E-state index in [4.69, 9.17) is 16.0 Å². The van der Waals surface area contributed by atoms with Gasteiger partial charge in [-0.25, -0.2) is 0 Å². The van der Waals surface area contributed by atoms with Gasteiger partial charge >= 0.3 is 0 Å². The van der Waals surface area contributed by atoms with Crippen LogP contribution in [0.25, 0.3) is 11.3 Å². The molecule has 1 aromatic heterocycles. The molecule has 0 aliphatic carbocycles. The van der Waals surface area contributed by atoms with E-state index in [2.05, 4.69) is 4.98 Å². The van der Waals surface area contributed by atoms with Crippen LogP contribution in [0.5, 0.6) is 0 Å². The summed E-state index contributed by atoms with van der Waals surface area (Å²) in [6.07, 6.45) is 0. The minimum absolute atomic E-state index is 0.193. The van der Waals surface area contributed by atoms with Gasteiger partial charge in [0.25, 0.3) is 5.35 Å². The highest BCUT2D eigenvalue weighted by Gasteiger charge is 2.09.